The van der Waals surface area contributed by atoms with E-state index < -0.39 is 5.60 Å². The monoisotopic (exact) mass is 338 g/mol. The van der Waals surface area contributed by atoms with Crippen molar-refractivity contribution in [3.63, 3.8) is 0 Å². The zero-order valence-corrected chi connectivity index (χ0v) is 14.8. The first-order valence-electron chi connectivity index (χ1n) is 8.15. The summed E-state index contributed by atoms with van der Waals surface area (Å²) in [5.41, 5.74) is -0.388. The van der Waals surface area contributed by atoms with Crippen molar-refractivity contribution in [3.8, 4) is 17.2 Å². The Bertz CT molecular complexity index is 634. The zero-order chi connectivity index (χ0) is 16.8. The van der Waals surface area contributed by atoms with Crippen molar-refractivity contribution < 1.29 is 19.0 Å². The van der Waals surface area contributed by atoms with Crippen molar-refractivity contribution in [2.24, 2.45) is 11.8 Å². The summed E-state index contributed by atoms with van der Waals surface area (Å²) in [6, 6.07) is 1.66. The molecule has 3 rings (SSSR count). The molecule has 1 aliphatic heterocycles. The predicted molar refractivity (Wildman–Crippen MR) is 89.0 cm³/mol. The normalized spacial score (nSPS) is 24.0. The second-order valence-corrected chi connectivity index (χ2v) is 7.04. The van der Waals surface area contributed by atoms with Crippen molar-refractivity contribution in [2.75, 3.05) is 14.2 Å². The summed E-state index contributed by atoms with van der Waals surface area (Å²) >= 11 is 6.43. The van der Waals surface area contributed by atoms with E-state index in [1.54, 1.807) is 13.2 Å². The Hall–Kier alpha value is -1.42. The molecule has 0 N–H and O–H groups in total. The molecule has 126 valence electrons. The average Bonchev–Trinajstić information content (AvgIpc) is 3.15. The fourth-order valence-corrected chi connectivity index (χ4v) is 4.36. The van der Waals surface area contributed by atoms with Gasteiger partial charge in [0.1, 0.15) is 22.1 Å². The fourth-order valence-electron chi connectivity index (χ4n) is 4.09. The Morgan fingerprint density at radius 3 is 2.35 bits per heavy atom. The van der Waals surface area contributed by atoms with Gasteiger partial charge in [0.05, 0.1) is 14.2 Å². The van der Waals surface area contributed by atoms with Gasteiger partial charge >= 0.3 is 0 Å². The number of rotatable bonds is 4. The van der Waals surface area contributed by atoms with Crippen LogP contribution >= 0.6 is 11.6 Å². The molecule has 2 aliphatic rings. The maximum atomic E-state index is 13.4. The predicted octanol–water partition coefficient (Wildman–Crippen LogP) is 4.52. The molecule has 4 nitrogen and oxygen atoms in total. The molecule has 0 unspecified atom stereocenters. The summed E-state index contributed by atoms with van der Waals surface area (Å²) in [6.07, 6.45) is 4.30. The molecule has 5 heteroatoms. The van der Waals surface area contributed by atoms with Crippen molar-refractivity contribution in [3.05, 3.63) is 16.7 Å². The van der Waals surface area contributed by atoms with Gasteiger partial charge < -0.3 is 14.2 Å². The van der Waals surface area contributed by atoms with Gasteiger partial charge in [-0.05, 0) is 12.8 Å². The molecule has 0 spiro atoms. The molecule has 1 fully saturated rings. The first-order valence-corrected chi connectivity index (χ1v) is 8.53. The molecule has 0 bridgehead atoms. The second-order valence-electron chi connectivity index (χ2n) is 6.66. The summed E-state index contributed by atoms with van der Waals surface area (Å²) in [5.74, 6) is 1.60. The van der Waals surface area contributed by atoms with Crippen LogP contribution in [-0.4, -0.2) is 25.6 Å². The third-order valence-corrected chi connectivity index (χ3v) is 5.62. The maximum absolute atomic E-state index is 13.4. The molecule has 0 amide bonds. The van der Waals surface area contributed by atoms with Crippen LogP contribution in [-0.2, 0) is 0 Å². The Kier molecular flexibility index (Phi) is 4.21. The smallest absolute Gasteiger partial charge is 0.214 e. The van der Waals surface area contributed by atoms with Crippen LogP contribution < -0.4 is 14.2 Å². The van der Waals surface area contributed by atoms with E-state index in [1.165, 1.54) is 7.11 Å². The van der Waals surface area contributed by atoms with Crippen molar-refractivity contribution in [1.82, 2.24) is 0 Å². The highest BCUT2D eigenvalue weighted by Crippen LogP contribution is 2.55. The Labute approximate surface area is 142 Å². The van der Waals surface area contributed by atoms with Crippen molar-refractivity contribution in [2.45, 2.75) is 45.1 Å². The first kappa shape index (κ1) is 16.4. The summed E-state index contributed by atoms with van der Waals surface area (Å²) in [4.78, 5) is 13.4. The van der Waals surface area contributed by atoms with E-state index >= 15 is 0 Å². The Morgan fingerprint density at radius 2 is 1.83 bits per heavy atom. The van der Waals surface area contributed by atoms with Crippen LogP contribution in [0, 0.1) is 11.8 Å². The molecule has 1 aromatic carbocycles. The van der Waals surface area contributed by atoms with E-state index in [2.05, 4.69) is 0 Å². The largest absolute Gasteiger partial charge is 0.496 e. The third kappa shape index (κ3) is 2.22. The molecule has 0 aromatic heterocycles. The summed E-state index contributed by atoms with van der Waals surface area (Å²) in [5, 5.41) is 0.345. The molecular formula is C18H23ClO4. The van der Waals surface area contributed by atoms with Crippen LogP contribution in [0.5, 0.6) is 17.2 Å². The molecule has 1 atom stereocenters. The van der Waals surface area contributed by atoms with E-state index in [0.717, 1.165) is 25.7 Å². The number of methoxy groups -OCH3 is 2. The minimum atomic E-state index is -0.845. The SMILES string of the molecule is COc1cc(OC)c2c(c1Cl)O[C@@](C(C)C)(C1CCCC1)C2=O. The summed E-state index contributed by atoms with van der Waals surface area (Å²) in [6.45, 7) is 4.08. The molecule has 0 saturated heterocycles. The minimum absolute atomic E-state index is 0.00389. The topological polar surface area (TPSA) is 44.8 Å². The zero-order valence-electron chi connectivity index (χ0n) is 14.1. The van der Waals surface area contributed by atoms with Gasteiger partial charge in [0.15, 0.2) is 11.4 Å². The van der Waals surface area contributed by atoms with E-state index in [0.29, 0.717) is 27.8 Å². The van der Waals surface area contributed by atoms with Gasteiger partial charge in [-0.3, -0.25) is 4.79 Å². The molecule has 23 heavy (non-hydrogen) atoms. The fraction of sp³-hybridized carbons (Fsp3) is 0.611. The third-order valence-electron chi connectivity index (χ3n) is 5.26. The van der Waals surface area contributed by atoms with Crippen molar-refractivity contribution >= 4 is 17.4 Å². The number of halogens is 1. The number of fused-ring (bicyclic) bond motifs is 1. The summed E-state index contributed by atoms with van der Waals surface area (Å²) < 4.78 is 17.0. The molecular weight excluding hydrogens is 316 g/mol. The van der Waals surface area contributed by atoms with Crippen LogP contribution in [0.3, 0.4) is 0 Å². The van der Waals surface area contributed by atoms with Gasteiger partial charge in [0.25, 0.3) is 0 Å². The van der Waals surface area contributed by atoms with E-state index in [9.17, 15) is 4.79 Å². The molecule has 1 heterocycles. The first-order chi connectivity index (χ1) is 11.0. The Morgan fingerprint density at radius 1 is 1.22 bits per heavy atom. The number of hydrogen-bond acceptors (Lipinski definition) is 4. The maximum Gasteiger partial charge on any atom is 0.214 e. The van der Waals surface area contributed by atoms with Gasteiger partial charge in [0, 0.05) is 17.9 Å². The quantitative estimate of drug-likeness (QED) is 0.809. The van der Waals surface area contributed by atoms with Crippen LogP contribution in [0.1, 0.15) is 49.9 Å². The van der Waals surface area contributed by atoms with E-state index in [1.807, 2.05) is 13.8 Å². The number of carbonyl (C=O) groups excluding carboxylic acids is 1. The highest BCUT2D eigenvalue weighted by molar-refractivity contribution is 6.35. The highest BCUT2D eigenvalue weighted by atomic mass is 35.5. The molecule has 1 saturated carbocycles. The van der Waals surface area contributed by atoms with Gasteiger partial charge in [-0.25, -0.2) is 0 Å². The van der Waals surface area contributed by atoms with Crippen LogP contribution in [0.4, 0.5) is 0 Å². The number of carbonyl (C=O) groups is 1. The average molecular weight is 339 g/mol. The van der Waals surface area contributed by atoms with E-state index in [4.69, 9.17) is 25.8 Å². The van der Waals surface area contributed by atoms with Gasteiger partial charge in [-0.2, -0.15) is 0 Å². The van der Waals surface area contributed by atoms with Crippen LogP contribution in [0.15, 0.2) is 6.07 Å². The lowest BCUT2D eigenvalue weighted by molar-refractivity contribution is -0.000228. The standard InChI is InChI=1S/C18H23ClO4/c1-10(2)18(11-7-5-6-8-11)17(20)14-12(21-3)9-13(22-4)15(19)16(14)23-18/h9-11H,5-8H2,1-4H3/t18-/m0/s1. The lowest BCUT2D eigenvalue weighted by Gasteiger charge is -2.36. The Balaban J connectivity index is 2.18. The highest BCUT2D eigenvalue weighted by Gasteiger charge is 2.57. The van der Waals surface area contributed by atoms with Crippen LogP contribution in [0.25, 0.3) is 0 Å². The van der Waals surface area contributed by atoms with E-state index in [-0.39, 0.29) is 17.6 Å². The number of ether oxygens (including phenoxy) is 3. The number of hydrogen-bond donors (Lipinski definition) is 0. The minimum Gasteiger partial charge on any atom is -0.496 e. The molecule has 1 aliphatic carbocycles. The number of ketones is 1. The number of Topliss-reactive ketones (excluding diaryl/α,β-unsaturated/α-hetero) is 1. The second kappa shape index (κ2) is 5.90. The summed E-state index contributed by atoms with van der Waals surface area (Å²) in [7, 11) is 3.08. The van der Waals surface area contributed by atoms with Gasteiger partial charge in [0.2, 0.25) is 5.78 Å². The number of benzene rings is 1. The van der Waals surface area contributed by atoms with Crippen molar-refractivity contribution in [1.29, 1.82) is 0 Å². The lowest BCUT2D eigenvalue weighted by atomic mass is 9.74. The molecule has 0 radical (unpaired) electrons. The van der Waals surface area contributed by atoms with Gasteiger partial charge in [-0.15, -0.1) is 0 Å². The lowest BCUT2D eigenvalue weighted by Crippen LogP contribution is -2.51. The molecule has 1 aromatic rings. The van der Waals surface area contributed by atoms with Crippen LogP contribution in [0.2, 0.25) is 5.02 Å². The van der Waals surface area contributed by atoms with Gasteiger partial charge in [-0.1, -0.05) is 38.3 Å².